The summed E-state index contributed by atoms with van der Waals surface area (Å²) in [6.45, 7) is 5.01. The van der Waals surface area contributed by atoms with E-state index in [1.165, 1.54) is 30.3 Å². The molecular formula is C29H32Cl3N3O5S. The Labute approximate surface area is 255 Å². The van der Waals surface area contributed by atoms with Gasteiger partial charge in [-0.1, -0.05) is 47.8 Å². The number of likely N-dealkylation sites (N-methyl/N-ethyl adjacent to an activating group) is 1. The third-order valence-electron chi connectivity index (χ3n) is 6.97. The highest BCUT2D eigenvalue weighted by molar-refractivity contribution is 7.92. The molecule has 12 heteroatoms. The van der Waals surface area contributed by atoms with E-state index in [4.69, 9.17) is 39.5 Å². The number of nitrogens with zero attached hydrogens (tertiary/aromatic N) is 2. The third kappa shape index (κ3) is 7.66. The molecule has 0 fully saturated rings. The van der Waals surface area contributed by atoms with E-state index in [1.807, 2.05) is 26.1 Å². The minimum atomic E-state index is -3.93. The van der Waals surface area contributed by atoms with Crippen LogP contribution in [-0.4, -0.2) is 68.1 Å². The van der Waals surface area contributed by atoms with E-state index in [0.717, 1.165) is 5.56 Å². The second-order valence-electron chi connectivity index (χ2n) is 10.3. The molecule has 0 radical (unpaired) electrons. The number of anilines is 1. The van der Waals surface area contributed by atoms with Crippen LogP contribution in [0.1, 0.15) is 29.8 Å². The normalized spacial score (nSPS) is 18.3. The number of carbonyl (C=O) groups is 1. The van der Waals surface area contributed by atoms with E-state index in [2.05, 4.69) is 9.62 Å². The van der Waals surface area contributed by atoms with Crippen molar-refractivity contribution in [3.63, 3.8) is 0 Å². The van der Waals surface area contributed by atoms with Gasteiger partial charge in [0, 0.05) is 36.3 Å². The van der Waals surface area contributed by atoms with Gasteiger partial charge < -0.3 is 14.7 Å². The summed E-state index contributed by atoms with van der Waals surface area (Å²) >= 11 is 18.2. The van der Waals surface area contributed by atoms with Crippen molar-refractivity contribution < 1.29 is 23.1 Å². The standard InChI is InChI=1S/C29H32Cl3N3O5S/c1-18-14-35(19(2)17-36)29(37)24-13-22(33-41(38,39)23-8-5-21(30)6-9-23)7-11-27(24)40-28(18)16-34(3)15-20-4-10-25(31)26(32)12-20/h4-13,18-19,28,33,36H,14-17H2,1-3H3/t18-,19+,28-/m1/s1. The minimum absolute atomic E-state index is 0.0330. The fraction of sp³-hybridized carbons (Fsp3) is 0.345. The lowest BCUT2D eigenvalue weighted by Gasteiger charge is -2.38. The van der Waals surface area contributed by atoms with Crippen LogP contribution in [0.2, 0.25) is 15.1 Å². The summed E-state index contributed by atoms with van der Waals surface area (Å²) in [5, 5.41) is 11.3. The summed E-state index contributed by atoms with van der Waals surface area (Å²) in [4.78, 5) is 17.4. The Balaban J connectivity index is 1.62. The summed E-state index contributed by atoms with van der Waals surface area (Å²) in [6.07, 6.45) is -0.320. The van der Waals surface area contributed by atoms with Crippen LogP contribution in [0.15, 0.2) is 65.6 Å². The van der Waals surface area contributed by atoms with Gasteiger partial charge >= 0.3 is 0 Å². The van der Waals surface area contributed by atoms with Crippen LogP contribution in [0.5, 0.6) is 5.75 Å². The summed E-state index contributed by atoms with van der Waals surface area (Å²) in [5.74, 6) is -0.108. The van der Waals surface area contributed by atoms with Crippen molar-refractivity contribution in [1.29, 1.82) is 0 Å². The zero-order chi connectivity index (χ0) is 29.9. The highest BCUT2D eigenvalue weighted by Gasteiger charge is 2.33. The number of amides is 1. The molecule has 41 heavy (non-hydrogen) atoms. The lowest BCUT2D eigenvalue weighted by atomic mass is 9.99. The van der Waals surface area contributed by atoms with E-state index in [0.29, 0.717) is 40.5 Å². The lowest BCUT2D eigenvalue weighted by molar-refractivity contribution is 0.0341. The number of carbonyl (C=O) groups excluding carboxylic acids is 1. The number of benzene rings is 3. The van der Waals surface area contributed by atoms with Crippen molar-refractivity contribution in [3.05, 3.63) is 86.9 Å². The van der Waals surface area contributed by atoms with Crippen LogP contribution in [0, 0.1) is 5.92 Å². The van der Waals surface area contributed by atoms with Crippen molar-refractivity contribution in [2.75, 3.05) is 31.5 Å². The Kier molecular flexibility index (Phi) is 10.1. The van der Waals surface area contributed by atoms with E-state index in [1.54, 1.807) is 30.0 Å². The van der Waals surface area contributed by atoms with Crippen LogP contribution >= 0.6 is 34.8 Å². The van der Waals surface area contributed by atoms with Gasteiger partial charge in [0.15, 0.2) is 0 Å². The number of sulfonamides is 1. The van der Waals surface area contributed by atoms with Crippen LogP contribution in [0.3, 0.4) is 0 Å². The zero-order valence-electron chi connectivity index (χ0n) is 22.9. The molecule has 1 heterocycles. The lowest BCUT2D eigenvalue weighted by Crippen LogP contribution is -2.49. The number of ether oxygens (including phenoxy) is 1. The largest absolute Gasteiger partial charge is 0.488 e. The number of halogens is 3. The molecule has 3 atom stereocenters. The molecule has 0 unspecified atom stereocenters. The summed E-state index contributed by atoms with van der Waals surface area (Å²) in [7, 11) is -1.97. The van der Waals surface area contributed by atoms with Gasteiger partial charge in [-0.3, -0.25) is 14.4 Å². The Morgan fingerprint density at radius 2 is 1.78 bits per heavy atom. The third-order valence-corrected chi connectivity index (χ3v) is 9.36. The molecule has 3 aromatic rings. The van der Waals surface area contributed by atoms with Crippen molar-refractivity contribution >= 4 is 56.4 Å². The van der Waals surface area contributed by atoms with Crippen LogP contribution in [0.25, 0.3) is 0 Å². The average molecular weight is 641 g/mol. The number of hydrogen-bond donors (Lipinski definition) is 2. The summed E-state index contributed by atoms with van der Waals surface area (Å²) in [5.41, 5.74) is 1.39. The molecule has 1 amide bonds. The number of fused-ring (bicyclic) bond motifs is 1. The van der Waals surface area contributed by atoms with Crippen LogP contribution < -0.4 is 9.46 Å². The van der Waals surface area contributed by atoms with Gasteiger partial charge in [0.2, 0.25) is 0 Å². The van der Waals surface area contributed by atoms with Crippen molar-refractivity contribution in [1.82, 2.24) is 9.80 Å². The number of aliphatic hydroxyl groups is 1. The van der Waals surface area contributed by atoms with E-state index >= 15 is 0 Å². The smallest absolute Gasteiger partial charge is 0.261 e. The van der Waals surface area contributed by atoms with Gasteiger partial charge in [-0.25, -0.2) is 8.42 Å². The van der Waals surface area contributed by atoms with Gasteiger partial charge in [0.25, 0.3) is 15.9 Å². The minimum Gasteiger partial charge on any atom is -0.488 e. The second kappa shape index (κ2) is 13.2. The second-order valence-corrected chi connectivity index (χ2v) is 13.3. The van der Waals surface area contributed by atoms with Crippen molar-refractivity contribution in [2.45, 2.75) is 37.4 Å². The molecule has 220 valence electrons. The molecule has 8 nitrogen and oxygen atoms in total. The predicted octanol–water partition coefficient (Wildman–Crippen LogP) is 5.80. The van der Waals surface area contributed by atoms with Gasteiger partial charge in [-0.15, -0.1) is 0 Å². The summed E-state index contributed by atoms with van der Waals surface area (Å²) in [6, 6.07) is 15.4. The number of rotatable bonds is 9. The molecular weight excluding hydrogens is 609 g/mol. The first-order valence-corrected chi connectivity index (χ1v) is 15.6. The van der Waals surface area contributed by atoms with Gasteiger partial charge in [0.05, 0.1) is 33.2 Å². The number of aliphatic hydroxyl groups excluding tert-OH is 1. The molecule has 0 bridgehead atoms. The zero-order valence-corrected chi connectivity index (χ0v) is 25.9. The maximum Gasteiger partial charge on any atom is 0.261 e. The maximum absolute atomic E-state index is 13.7. The Hall–Kier alpha value is -2.53. The monoisotopic (exact) mass is 639 g/mol. The highest BCUT2D eigenvalue weighted by atomic mass is 35.5. The quantitative estimate of drug-likeness (QED) is 0.307. The molecule has 0 aromatic heterocycles. The van der Waals surface area contributed by atoms with Crippen LogP contribution in [-0.2, 0) is 16.6 Å². The number of nitrogens with one attached hydrogen (secondary N) is 1. The first-order chi connectivity index (χ1) is 19.4. The molecule has 2 N–H and O–H groups in total. The summed E-state index contributed by atoms with van der Waals surface area (Å²) < 4.78 is 34.9. The Morgan fingerprint density at radius 3 is 2.44 bits per heavy atom. The molecule has 0 saturated carbocycles. The molecule has 4 rings (SSSR count). The molecule has 0 saturated heterocycles. The first-order valence-electron chi connectivity index (χ1n) is 13.0. The first kappa shape index (κ1) is 31.4. The number of hydrogen-bond acceptors (Lipinski definition) is 6. The van der Waals surface area contributed by atoms with E-state index in [-0.39, 0.29) is 40.7 Å². The van der Waals surface area contributed by atoms with Gasteiger partial charge in [-0.2, -0.15) is 0 Å². The molecule has 1 aliphatic heterocycles. The molecule has 1 aliphatic rings. The average Bonchev–Trinajstić information content (AvgIpc) is 2.92. The van der Waals surface area contributed by atoms with Gasteiger partial charge in [0.1, 0.15) is 11.9 Å². The predicted molar refractivity (Wildman–Crippen MR) is 163 cm³/mol. The molecule has 0 aliphatic carbocycles. The maximum atomic E-state index is 13.7. The topological polar surface area (TPSA) is 99.2 Å². The molecule has 0 spiro atoms. The van der Waals surface area contributed by atoms with E-state index in [9.17, 15) is 18.3 Å². The highest BCUT2D eigenvalue weighted by Crippen LogP contribution is 2.32. The van der Waals surface area contributed by atoms with Crippen LogP contribution in [0.4, 0.5) is 5.69 Å². The fourth-order valence-corrected chi connectivity index (χ4v) is 6.15. The Bertz CT molecular complexity index is 1500. The van der Waals surface area contributed by atoms with Gasteiger partial charge in [-0.05, 0) is 74.1 Å². The van der Waals surface area contributed by atoms with Crippen molar-refractivity contribution in [3.8, 4) is 5.75 Å². The molecule has 3 aromatic carbocycles. The van der Waals surface area contributed by atoms with Crippen molar-refractivity contribution in [2.24, 2.45) is 5.92 Å². The van der Waals surface area contributed by atoms with E-state index < -0.39 is 16.1 Å². The fourth-order valence-electron chi connectivity index (χ4n) is 4.65. The SMILES string of the molecule is C[C@@H]1CN([C@@H](C)CO)C(=O)c2cc(NS(=O)(=O)c3ccc(Cl)cc3)ccc2O[C@@H]1CN(C)Cc1ccc(Cl)c(Cl)c1. The Morgan fingerprint density at radius 1 is 1.07 bits per heavy atom.